The molecule has 0 heterocycles. The first kappa shape index (κ1) is 15.2. The summed E-state index contributed by atoms with van der Waals surface area (Å²) in [5, 5.41) is 13.1. The molecule has 0 aliphatic rings. The van der Waals surface area contributed by atoms with Gasteiger partial charge in [-0.1, -0.05) is 24.3 Å². The molecule has 22 heavy (non-hydrogen) atoms. The van der Waals surface area contributed by atoms with Gasteiger partial charge in [0.05, 0.1) is 10.5 Å². The van der Waals surface area contributed by atoms with Crippen molar-refractivity contribution in [2.75, 3.05) is 6.73 Å². The molecule has 112 valence electrons. The van der Waals surface area contributed by atoms with Crippen molar-refractivity contribution in [1.29, 1.82) is 0 Å². The average Bonchev–Trinajstić information content (AvgIpc) is 2.55. The Balaban J connectivity index is 1.89. The molecule has 0 radical (unpaired) electrons. The van der Waals surface area contributed by atoms with E-state index in [0.717, 1.165) is 6.07 Å². The highest BCUT2D eigenvalue weighted by Crippen LogP contribution is 2.13. The number of ether oxygens (including phenoxy) is 1. The van der Waals surface area contributed by atoms with Crippen LogP contribution in [0.5, 0.6) is 0 Å². The van der Waals surface area contributed by atoms with Crippen molar-refractivity contribution >= 4 is 17.6 Å². The Kier molecular flexibility index (Phi) is 4.81. The number of esters is 1. The van der Waals surface area contributed by atoms with Gasteiger partial charge >= 0.3 is 5.97 Å². The number of non-ortho nitro benzene ring substituents is 1. The number of hydrogen-bond acceptors (Lipinski definition) is 5. The van der Waals surface area contributed by atoms with E-state index in [1.165, 1.54) is 18.2 Å². The third-order valence-electron chi connectivity index (χ3n) is 2.76. The van der Waals surface area contributed by atoms with Gasteiger partial charge in [-0.15, -0.1) is 0 Å². The smallest absolute Gasteiger partial charge is 0.340 e. The minimum atomic E-state index is -0.753. The molecule has 1 amide bonds. The number of carbonyl (C=O) groups excluding carboxylic acids is 2. The third-order valence-corrected chi connectivity index (χ3v) is 2.76. The van der Waals surface area contributed by atoms with Crippen molar-refractivity contribution in [3.8, 4) is 0 Å². The van der Waals surface area contributed by atoms with Crippen LogP contribution in [-0.2, 0) is 4.74 Å². The van der Waals surface area contributed by atoms with Gasteiger partial charge in [0.1, 0.15) is 0 Å². The third kappa shape index (κ3) is 3.89. The van der Waals surface area contributed by atoms with Crippen LogP contribution >= 0.6 is 0 Å². The average molecular weight is 300 g/mol. The Bertz CT molecular complexity index is 700. The lowest BCUT2D eigenvalue weighted by Crippen LogP contribution is -2.27. The molecule has 0 aromatic heterocycles. The zero-order valence-corrected chi connectivity index (χ0v) is 11.4. The predicted octanol–water partition coefficient (Wildman–Crippen LogP) is 2.14. The Hall–Kier alpha value is -3.22. The molecule has 2 aromatic rings. The van der Waals surface area contributed by atoms with Crippen LogP contribution in [-0.4, -0.2) is 23.5 Å². The fraction of sp³-hybridized carbons (Fsp3) is 0.0667. The number of nitrogens with zero attached hydrogens (tertiary/aromatic N) is 1. The molecular weight excluding hydrogens is 288 g/mol. The van der Waals surface area contributed by atoms with E-state index in [-0.39, 0.29) is 23.9 Å². The molecule has 0 aliphatic carbocycles. The van der Waals surface area contributed by atoms with E-state index in [4.69, 9.17) is 4.74 Å². The number of benzene rings is 2. The van der Waals surface area contributed by atoms with Gasteiger partial charge in [-0.25, -0.2) is 4.79 Å². The van der Waals surface area contributed by atoms with Crippen molar-refractivity contribution < 1.29 is 19.2 Å². The standard InChI is InChI=1S/C15H12N2O5/c18-14(11-5-2-1-3-6-11)16-10-22-15(19)12-7-4-8-13(9-12)17(20)21/h1-9H,10H2,(H,16,18). The number of hydrogen-bond donors (Lipinski definition) is 1. The van der Waals surface area contributed by atoms with Crippen LogP contribution in [0.15, 0.2) is 54.6 Å². The minimum Gasteiger partial charge on any atom is -0.441 e. The van der Waals surface area contributed by atoms with Crippen LogP contribution in [0, 0.1) is 10.1 Å². The molecule has 0 aliphatic heterocycles. The van der Waals surface area contributed by atoms with Crippen molar-refractivity contribution in [3.05, 3.63) is 75.8 Å². The van der Waals surface area contributed by atoms with Gasteiger partial charge in [-0.2, -0.15) is 0 Å². The monoisotopic (exact) mass is 300 g/mol. The van der Waals surface area contributed by atoms with E-state index in [2.05, 4.69) is 5.32 Å². The van der Waals surface area contributed by atoms with Crippen LogP contribution in [0.1, 0.15) is 20.7 Å². The van der Waals surface area contributed by atoms with Crippen LogP contribution < -0.4 is 5.32 Å². The van der Waals surface area contributed by atoms with Gasteiger partial charge in [0.25, 0.3) is 11.6 Å². The molecule has 0 fully saturated rings. The largest absolute Gasteiger partial charge is 0.441 e. The second kappa shape index (κ2) is 6.98. The molecule has 0 unspecified atom stereocenters. The van der Waals surface area contributed by atoms with Gasteiger partial charge in [0.15, 0.2) is 6.73 Å². The molecular formula is C15H12N2O5. The Labute approximate surface area is 125 Å². The lowest BCUT2D eigenvalue weighted by atomic mass is 10.2. The maximum absolute atomic E-state index is 11.7. The first-order chi connectivity index (χ1) is 10.6. The Morgan fingerprint density at radius 2 is 1.73 bits per heavy atom. The zero-order chi connectivity index (χ0) is 15.9. The summed E-state index contributed by atoms with van der Waals surface area (Å²) >= 11 is 0. The predicted molar refractivity (Wildman–Crippen MR) is 77.3 cm³/mol. The Morgan fingerprint density at radius 1 is 1.05 bits per heavy atom. The SMILES string of the molecule is O=C(NCOC(=O)c1cccc([N+](=O)[O-])c1)c1ccccc1. The molecule has 7 nitrogen and oxygen atoms in total. The van der Waals surface area contributed by atoms with Gasteiger partial charge < -0.3 is 10.1 Å². The molecule has 0 bridgehead atoms. The molecule has 0 saturated carbocycles. The van der Waals surface area contributed by atoms with E-state index >= 15 is 0 Å². The molecule has 2 rings (SSSR count). The fourth-order valence-corrected chi connectivity index (χ4v) is 1.69. The lowest BCUT2D eigenvalue weighted by molar-refractivity contribution is -0.384. The highest BCUT2D eigenvalue weighted by atomic mass is 16.6. The van der Waals surface area contributed by atoms with Gasteiger partial charge in [-0.05, 0) is 18.2 Å². The molecule has 1 N–H and O–H groups in total. The van der Waals surface area contributed by atoms with Gasteiger partial charge in [0.2, 0.25) is 0 Å². The van der Waals surface area contributed by atoms with Crippen molar-refractivity contribution in [1.82, 2.24) is 5.32 Å². The topological polar surface area (TPSA) is 98.5 Å². The summed E-state index contributed by atoms with van der Waals surface area (Å²) in [6.45, 7) is -0.324. The number of amides is 1. The molecule has 0 saturated heterocycles. The molecule has 7 heteroatoms. The van der Waals surface area contributed by atoms with E-state index in [1.54, 1.807) is 30.3 Å². The van der Waals surface area contributed by atoms with Crippen molar-refractivity contribution in [2.45, 2.75) is 0 Å². The van der Waals surface area contributed by atoms with Crippen LogP contribution in [0.4, 0.5) is 5.69 Å². The number of nitro benzene ring substituents is 1. The van der Waals surface area contributed by atoms with Crippen molar-refractivity contribution in [2.24, 2.45) is 0 Å². The van der Waals surface area contributed by atoms with E-state index in [1.807, 2.05) is 0 Å². The quantitative estimate of drug-likeness (QED) is 0.395. The number of rotatable bonds is 5. The van der Waals surface area contributed by atoms with Crippen LogP contribution in [0.25, 0.3) is 0 Å². The second-order valence-electron chi connectivity index (χ2n) is 4.26. The second-order valence-corrected chi connectivity index (χ2v) is 4.26. The summed E-state index contributed by atoms with van der Waals surface area (Å²) in [6, 6.07) is 13.6. The fourth-order valence-electron chi connectivity index (χ4n) is 1.69. The highest BCUT2D eigenvalue weighted by Gasteiger charge is 2.13. The summed E-state index contributed by atoms with van der Waals surface area (Å²) in [5.41, 5.74) is 0.278. The maximum atomic E-state index is 11.7. The van der Waals surface area contributed by atoms with E-state index < -0.39 is 10.9 Å². The van der Waals surface area contributed by atoms with E-state index in [9.17, 15) is 19.7 Å². The van der Waals surface area contributed by atoms with Gasteiger partial charge in [0, 0.05) is 17.7 Å². The Morgan fingerprint density at radius 3 is 2.41 bits per heavy atom. The lowest BCUT2D eigenvalue weighted by Gasteiger charge is -2.07. The number of carbonyl (C=O) groups is 2. The first-order valence-electron chi connectivity index (χ1n) is 6.33. The summed E-state index contributed by atoms with van der Waals surface area (Å²) in [7, 11) is 0. The van der Waals surface area contributed by atoms with Gasteiger partial charge in [-0.3, -0.25) is 14.9 Å². The number of nitro groups is 1. The summed E-state index contributed by atoms with van der Waals surface area (Å²) < 4.78 is 4.86. The summed E-state index contributed by atoms with van der Waals surface area (Å²) in [6.07, 6.45) is 0. The zero-order valence-electron chi connectivity index (χ0n) is 11.4. The molecule has 2 aromatic carbocycles. The maximum Gasteiger partial charge on any atom is 0.340 e. The van der Waals surface area contributed by atoms with Crippen LogP contribution in [0.2, 0.25) is 0 Å². The highest BCUT2D eigenvalue weighted by molar-refractivity contribution is 5.94. The molecule has 0 atom stereocenters. The van der Waals surface area contributed by atoms with Crippen LogP contribution in [0.3, 0.4) is 0 Å². The molecule has 0 spiro atoms. The van der Waals surface area contributed by atoms with E-state index in [0.29, 0.717) is 5.56 Å². The minimum absolute atomic E-state index is 0.0446. The summed E-state index contributed by atoms with van der Waals surface area (Å²) in [4.78, 5) is 33.5. The van der Waals surface area contributed by atoms with Crippen molar-refractivity contribution in [3.63, 3.8) is 0 Å². The number of nitrogens with one attached hydrogen (secondary N) is 1. The summed E-state index contributed by atoms with van der Waals surface area (Å²) in [5.74, 6) is -1.13. The normalized spacial score (nSPS) is 9.82. The first-order valence-corrected chi connectivity index (χ1v) is 6.33.